The fraction of sp³-hybridized carbons (Fsp3) is 0.381. The third kappa shape index (κ3) is 6.40. The number of hydrogen-bond acceptors (Lipinski definition) is 5. The molecule has 2 heterocycles. The summed E-state index contributed by atoms with van der Waals surface area (Å²) < 4.78 is 0. The number of carbonyl (C=O) groups excluding carboxylic acids is 3. The van der Waals surface area contributed by atoms with Crippen molar-refractivity contribution in [1.82, 2.24) is 20.4 Å². The van der Waals surface area contributed by atoms with E-state index in [4.69, 9.17) is 0 Å². The summed E-state index contributed by atoms with van der Waals surface area (Å²) in [5, 5.41) is 5.68. The molecule has 0 spiro atoms. The highest BCUT2D eigenvalue weighted by atomic mass is 32.1. The average molecular weight is 415 g/mol. The first-order valence-corrected chi connectivity index (χ1v) is 10.5. The lowest BCUT2D eigenvalue weighted by molar-refractivity contribution is -0.122. The zero-order valence-corrected chi connectivity index (χ0v) is 17.3. The Bertz CT molecular complexity index is 845. The van der Waals surface area contributed by atoms with E-state index in [0.717, 1.165) is 10.4 Å². The van der Waals surface area contributed by atoms with Gasteiger partial charge in [-0.2, -0.15) is 0 Å². The van der Waals surface area contributed by atoms with Crippen molar-refractivity contribution in [3.63, 3.8) is 0 Å². The molecule has 2 N–H and O–H groups in total. The van der Waals surface area contributed by atoms with Crippen LogP contribution < -0.4 is 10.6 Å². The molecule has 7 nitrogen and oxygen atoms in total. The van der Waals surface area contributed by atoms with Crippen LogP contribution in [0.15, 0.2) is 42.5 Å². The molecule has 8 heteroatoms. The predicted octanol–water partition coefficient (Wildman–Crippen LogP) is 1.46. The largest absolute Gasteiger partial charge is 0.351 e. The van der Waals surface area contributed by atoms with Crippen LogP contribution >= 0.6 is 11.3 Å². The number of nitrogens with one attached hydrogen (secondary N) is 2. The molecule has 154 valence electrons. The van der Waals surface area contributed by atoms with Gasteiger partial charge in [0.25, 0.3) is 5.91 Å². The maximum absolute atomic E-state index is 12.7. The summed E-state index contributed by atoms with van der Waals surface area (Å²) >= 11 is 1.41. The van der Waals surface area contributed by atoms with Crippen LogP contribution in [0, 0.1) is 0 Å². The quantitative estimate of drug-likeness (QED) is 0.719. The van der Waals surface area contributed by atoms with Gasteiger partial charge in [-0.3, -0.25) is 19.3 Å². The van der Waals surface area contributed by atoms with Crippen LogP contribution in [0.25, 0.3) is 0 Å². The minimum Gasteiger partial charge on any atom is -0.351 e. The van der Waals surface area contributed by atoms with Crippen molar-refractivity contribution in [3.05, 3.63) is 57.8 Å². The van der Waals surface area contributed by atoms with Crippen molar-refractivity contribution in [3.8, 4) is 0 Å². The number of amides is 3. The van der Waals surface area contributed by atoms with Crippen molar-refractivity contribution in [2.45, 2.75) is 20.0 Å². The zero-order chi connectivity index (χ0) is 20.6. The third-order valence-electron chi connectivity index (χ3n) is 4.74. The van der Waals surface area contributed by atoms with E-state index in [-0.39, 0.29) is 17.7 Å². The number of carbonyl (C=O) groups is 3. The fourth-order valence-electron chi connectivity index (χ4n) is 3.12. The molecule has 0 aliphatic carbocycles. The van der Waals surface area contributed by atoms with Crippen LogP contribution in [0.2, 0.25) is 0 Å². The fourth-order valence-corrected chi connectivity index (χ4v) is 4.04. The maximum Gasteiger partial charge on any atom is 0.264 e. The molecule has 1 aliphatic rings. The number of benzene rings is 1. The first-order valence-electron chi connectivity index (χ1n) is 9.66. The SMILES string of the molecule is CC(=O)NCc1ccc(C(=O)N2CCN(CC(=O)NCc3ccccc3)CC2)s1. The number of piperazine rings is 1. The number of hydrogen-bond donors (Lipinski definition) is 2. The van der Waals surface area contributed by atoms with E-state index in [0.29, 0.717) is 50.7 Å². The lowest BCUT2D eigenvalue weighted by Crippen LogP contribution is -2.51. The Morgan fingerprint density at radius 1 is 0.931 bits per heavy atom. The molecule has 1 aromatic heterocycles. The van der Waals surface area contributed by atoms with Crippen molar-refractivity contribution < 1.29 is 14.4 Å². The van der Waals surface area contributed by atoms with Gasteiger partial charge < -0.3 is 15.5 Å². The number of thiophene rings is 1. The summed E-state index contributed by atoms with van der Waals surface area (Å²) in [6, 6.07) is 13.5. The lowest BCUT2D eigenvalue weighted by Gasteiger charge is -2.34. The van der Waals surface area contributed by atoms with Crippen LogP contribution in [0.5, 0.6) is 0 Å². The van der Waals surface area contributed by atoms with Crippen molar-refractivity contribution in [2.24, 2.45) is 0 Å². The minimum absolute atomic E-state index is 0.00509. The Kier molecular flexibility index (Phi) is 7.37. The van der Waals surface area contributed by atoms with Crippen LogP contribution in [-0.2, 0) is 22.7 Å². The summed E-state index contributed by atoms with van der Waals surface area (Å²) in [5.74, 6) is -0.0815. The molecule has 0 radical (unpaired) electrons. The molecule has 3 rings (SSSR count). The van der Waals surface area contributed by atoms with Crippen molar-refractivity contribution >= 4 is 29.1 Å². The zero-order valence-electron chi connectivity index (χ0n) is 16.5. The van der Waals surface area contributed by atoms with Gasteiger partial charge in [-0.05, 0) is 17.7 Å². The van der Waals surface area contributed by atoms with Gasteiger partial charge >= 0.3 is 0 Å². The van der Waals surface area contributed by atoms with Gasteiger partial charge in [0.1, 0.15) is 0 Å². The molecule has 0 bridgehead atoms. The van der Waals surface area contributed by atoms with Crippen LogP contribution in [0.3, 0.4) is 0 Å². The normalized spacial score (nSPS) is 14.4. The molecule has 1 saturated heterocycles. The van der Waals surface area contributed by atoms with Gasteiger partial charge in [0.05, 0.1) is 18.0 Å². The summed E-state index contributed by atoms with van der Waals surface area (Å²) in [5.41, 5.74) is 1.07. The molecule has 1 aromatic carbocycles. The summed E-state index contributed by atoms with van der Waals surface area (Å²) in [7, 11) is 0. The predicted molar refractivity (Wildman–Crippen MR) is 112 cm³/mol. The first kappa shape index (κ1) is 21.0. The molecular weight excluding hydrogens is 388 g/mol. The van der Waals surface area contributed by atoms with E-state index >= 15 is 0 Å². The van der Waals surface area contributed by atoms with Crippen LogP contribution in [0.1, 0.15) is 27.0 Å². The molecular formula is C21H26N4O3S. The highest BCUT2D eigenvalue weighted by Crippen LogP contribution is 2.19. The van der Waals surface area contributed by atoms with Crippen molar-refractivity contribution in [1.29, 1.82) is 0 Å². The molecule has 0 atom stereocenters. The van der Waals surface area contributed by atoms with Gasteiger partial charge in [-0.1, -0.05) is 30.3 Å². The average Bonchev–Trinajstić information content (AvgIpc) is 3.21. The van der Waals surface area contributed by atoms with Gasteiger partial charge in [-0.25, -0.2) is 0 Å². The first-order chi connectivity index (χ1) is 14.0. The van der Waals surface area contributed by atoms with E-state index in [1.54, 1.807) is 0 Å². The summed E-state index contributed by atoms with van der Waals surface area (Å²) in [6.07, 6.45) is 0. The lowest BCUT2D eigenvalue weighted by atomic mass is 10.2. The second kappa shape index (κ2) is 10.2. The van der Waals surface area contributed by atoms with Crippen LogP contribution in [-0.4, -0.2) is 60.2 Å². The second-order valence-corrected chi connectivity index (χ2v) is 8.17. The maximum atomic E-state index is 12.7. The topological polar surface area (TPSA) is 81.8 Å². The Balaban J connectivity index is 1.41. The molecule has 0 unspecified atom stereocenters. The molecule has 3 amide bonds. The standard InChI is InChI=1S/C21H26N4O3S/c1-16(26)22-14-18-7-8-19(29-18)21(28)25-11-9-24(10-12-25)15-20(27)23-13-17-5-3-2-4-6-17/h2-8H,9-15H2,1H3,(H,22,26)(H,23,27). The molecule has 1 aliphatic heterocycles. The van der Waals surface area contributed by atoms with E-state index in [9.17, 15) is 14.4 Å². The van der Waals surface area contributed by atoms with Crippen LogP contribution in [0.4, 0.5) is 0 Å². The highest BCUT2D eigenvalue weighted by Gasteiger charge is 2.24. The summed E-state index contributed by atoms with van der Waals surface area (Å²) in [6.45, 7) is 5.34. The molecule has 29 heavy (non-hydrogen) atoms. The minimum atomic E-state index is -0.0878. The van der Waals surface area contributed by atoms with E-state index < -0.39 is 0 Å². The van der Waals surface area contributed by atoms with Gasteiger partial charge in [0, 0.05) is 44.5 Å². The smallest absolute Gasteiger partial charge is 0.264 e. The Morgan fingerprint density at radius 3 is 2.34 bits per heavy atom. The van der Waals surface area contributed by atoms with Crippen molar-refractivity contribution in [2.75, 3.05) is 32.7 Å². The van der Waals surface area contributed by atoms with E-state index in [1.807, 2.05) is 47.4 Å². The Morgan fingerprint density at radius 2 is 1.66 bits per heavy atom. The third-order valence-corrected chi connectivity index (χ3v) is 5.82. The van der Waals surface area contributed by atoms with Gasteiger partial charge in [0.15, 0.2) is 0 Å². The van der Waals surface area contributed by atoms with E-state index in [1.165, 1.54) is 18.3 Å². The molecule has 0 saturated carbocycles. The second-order valence-electron chi connectivity index (χ2n) is 7.01. The summed E-state index contributed by atoms with van der Waals surface area (Å²) in [4.78, 5) is 41.4. The molecule has 1 fully saturated rings. The Hall–Kier alpha value is -2.71. The number of nitrogens with zero attached hydrogens (tertiary/aromatic N) is 2. The van der Waals surface area contributed by atoms with E-state index in [2.05, 4.69) is 15.5 Å². The Labute approximate surface area is 174 Å². The highest BCUT2D eigenvalue weighted by molar-refractivity contribution is 7.14. The van der Waals surface area contributed by atoms with Gasteiger partial charge in [-0.15, -0.1) is 11.3 Å². The number of rotatable bonds is 7. The van der Waals surface area contributed by atoms with Gasteiger partial charge in [0.2, 0.25) is 11.8 Å². The molecule has 2 aromatic rings. The monoisotopic (exact) mass is 414 g/mol.